The van der Waals surface area contributed by atoms with Crippen molar-refractivity contribution in [1.82, 2.24) is 18.8 Å². The number of benzene rings is 1. The Labute approximate surface area is 169 Å². The van der Waals surface area contributed by atoms with Crippen molar-refractivity contribution in [2.75, 3.05) is 13.1 Å². The van der Waals surface area contributed by atoms with Crippen molar-refractivity contribution in [2.45, 2.75) is 23.8 Å². The van der Waals surface area contributed by atoms with Gasteiger partial charge in [-0.2, -0.15) is 4.31 Å². The van der Waals surface area contributed by atoms with Gasteiger partial charge >= 0.3 is 0 Å². The lowest BCUT2D eigenvalue weighted by molar-refractivity contribution is 0.312. The first-order chi connectivity index (χ1) is 13.4. The van der Waals surface area contributed by atoms with Gasteiger partial charge < -0.3 is 4.57 Å². The van der Waals surface area contributed by atoms with Crippen LogP contribution in [-0.2, 0) is 17.1 Å². The van der Waals surface area contributed by atoms with Crippen LogP contribution in [0.25, 0.3) is 11.3 Å². The maximum Gasteiger partial charge on any atom is 0.262 e. The Kier molecular flexibility index (Phi) is 5.23. The van der Waals surface area contributed by atoms with E-state index in [0.717, 1.165) is 29.8 Å². The van der Waals surface area contributed by atoms with Crippen molar-refractivity contribution in [1.29, 1.82) is 0 Å². The first-order valence-corrected chi connectivity index (χ1v) is 11.0. The molecule has 3 aromatic rings. The monoisotopic (exact) mass is 416 g/mol. The molecule has 4 rings (SSSR count). The van der Waals surface area contributed by atoms with Crippen LogP contribution in [0.2, 0.25) is 5.02 Å². The molecule has 0 spiro atoms. The van der Waals surface area contributed by atoms with E-state index in [2.05, 4.69) is 4.98 Å². The predicted octanol–water partition coefficient (Wildman–Crippen LogP) is 3.70. The number of piperidine rings is 1. The van der Waals surface area contributed by atoms with Gasteiger partial charge in [0.15, 0.2) is 5.03 Å². The second kappa shape index (κ2) is 7.66. The molecular formula is C20H21ClN4O2S. The minimum Gasteiger partial charge on any atom is -0.339 e. The predicted molar refractivity (Wildman–Crippen MR) is 109 cm³/mol. The highest BCUT2D eigenvalue weighted by atomic mass is 35.5. The van der Waals surface area contributed by atoms with Crippen molar-refractivity contribution in [2.24, 2.45) is 7.05 Å². The molecule has 1 fully saturated rings. The molecule has 0 radical (unpaired) electrons. The van der Waals surface area contributed by atoms with Crippen LogP contribution in [0, 0.1) is 0 Å². The fraction of sp³-hybridized carbons (Fsp3) is 0.300. The number of aromatic nitrogens is 3. The number of nitrogens with zero attached hydrogens (tertiary/aromatic N) is 4. The highest BCUT2D eigenvalue weighted by Crippen LogP contribution is 2.30. The second-order valence-electron chi connectivity index (χ2n) is 7.04. The van der Waals surface area contributed by atoms with Gasteiger partial charge in [-0.15, -0.1) is 0 Å². The molecule has 0 N–H and O–H groups in total. The smallest absolute Gasteiger partial charge is 0.262 e. The zero-order valence-electron chi connectivity index (χ0n) is 15.5. The Morgan fingerprint density at radius 1 is 1.18 bits per heavy atom. The molecule has 6 nitrogen and oxygen atoms in total. The van der Waals surface area contributed by atoms with Crippen molar-refractivity contribution < 1.29 is 8.42 Å². The van der Waals surface area contributed by atoms with Crippen LogP contribution in [0.1, 0.15) is 24.5 Å². The SMILES string of the molecule is Cn1cnc(S(=O)(=O)N2CCC[C@H](c3cccc(-c4cccc(Cl)c4)n3)C2)c1. The minimum absolute atomic E-state index is 0.0476. The van der Waals surface area contributed by atoms with Gasteiger partial charge in [-0.3, -0.25) is 4.98 Å². The van der Waals surface area contributed by atoms with E-state index in [0.29, 0.717) is 18.1 Å². The Morgan fingerprint density at radius 2 is 2.00 bits per heavy atom. The first kappa shape index (κ1) is 19.1. The van der Waals surface area contributed by atoms with Gasteiger partial charge in [0.05, 0.1) is 12.0 Å². The van der Waals surface area contributed by atoms with E-state index in [1.54, 1.807) is 11.6 Å². The van der Waals surface area contributed by atoms with E-state index in [-0.39, 0.29) is 10.9 Å². The molecule has 0 bridgehead atoms. The number of sulfonamides is 1. The zero-order chi connectivity index (χ0) is 19.7. The maximum absolute atomic E-state index is 12.9. The molecule has 3 heterocycles. The normalized spacial score (nSPS) is 18.3. The molecule has 0 aliphatic carbocycles. The highest BCUT2D eigenvalue weighted by Gasteiger charge is 2.32. The number of halogens is 1. The first-order valence-electron chi connectivity index (χ1n) is 9.14. The number of aryl methyl sites for hydroxylation is 1. The summed E-state index contributed by atoms with van der Waals surface area (Å²) in [4.78, 5) is 8.83. The van der Waals surface area contributed by atoms with E-state index < -0.39 is 10.0 Å². The number of hydrogen-bond acceptors (Lipinski definition) is 4. The lowest BCUT2D eigenvalue weighted by Gasteiger charge is -2.31. The summed E-state index contributed by atoms with van der Waals surface area (Å²) in [6, 6.07) is 13.5. The molecule has 146 valence electrons. The van der Waals surface area contributed by atoms with E-state index in [1.165, 1.54) is 16.8 Å². The summed E-state index contributed by atoms with van der Waals surface area (Å²) in [7, 11) is -1.83. The van der Waals surface area contributed by atoms with E-state index in [9.17, 15) is 8.42 Å². The van der Waals surface area contributed by atoms with Crippen LogP contribution >= 0.6 is 11.6 Å². The average molecular weight is 417 g/mol. The number of hydrogen-bond donors (Lipinski definition) is 0. The molecule has 0 amide bonds. The van der Waals surface area contributed by atoms with E-state index in [4.69, 9.17) is 16.6 Å². The molecule has 0 saturated carbocycles. The van der Waals surface area contributed by atoms with Crippen molar-refractivity contribution in [3.05, 3.63) is 65.7 Å². The number of pyridine rings is 1. The number of imidazole rings is 1. The lowest BCUT2D eigenvalue weighted by Crippen LogP contribution is -2.39. The van der Waals surface area contributed by atoms with Gasteiger partial charge in [0.1, 0.15) is 0 Å². The topological polar surface area (TPSA) is 68.1 Å². The van der Waals surface area contributed by atoms with E-state index in [1.807, 2.05) is 42.5 Å². The van der Waals surface area contributed by atoms with Gasteiger partial charge in [0, 0.05) is 48.5 Å². The Balaban J connectivity index is 1.59. The molecule has 1 aliphatic rings. The van der Waals surface area contributed by atoms with Gasteiger partial charge in [0.2, 0.25) is 0 Å². The zero-order valence-corrected chi connectivity index (χ0v) is 17.1. The van der Waals surface area contributed by atoms with Gasteiger partial charge in [0.25, 0.3) is 10.0 Å². The third-order valence-electron chi connectivity index (χ3n) is 4.98. The lowest BCUT2D eigenvalue weighted by atomic mass is 9.95. The molecule has 1 aliphatic heterocycles. The average Bonchev–Trinajstić information content (AvgIpc) is 3.15. The molecule has 1 saturated heterocycles. The fourth-order valence-corrected chi connectivity index (χ4v) is 5.22. The summed E-state index contributed by atoms with van der Waals surface area (Å²) >= 11 is 6.10. The van der Waals surface area contributed by atoms with Crippen LogP contribution < -0.4 is 0 Å². The quantitative estimate of drug-likeness (QED) is 0.650. The van der Waals surface area contributed by atoms with Gasteiger partial charge in [-0.1, -0.05) is 29.8 Å². The third-order valence-corrected chi connectivity index (χ3v) is 6.96. The molecule has 0 unspecified atom stereocenters. The van der Waals surface area contributed by atoms with E-state index >= 15 is 0 Å². The third kappa shape index (κ3) is 3.83. The van der Waals surface area contributed by atoms with Gasteiger partial charge in [-0.25, -0.2) is 13.4 Å². The molecule has 8 heteroatoms. The summed E-state index contributed by atoms with van der Waals surface area (Å²) in [6.07, 6.45) is 4.74. The summed E-state index contributed by atoms with van der Waals surface area (Å²) in [5, 5.41) is 0.756. The summed E-state index contributed by atoms with van der Waals surface area (Å²) in [6.45, 7) is 0.911. The summed E-state index contributed by atoms with van der Waals surface area (Å²) in [5.74, 6) is 0.0476. The van der Waals surface area contributed by atoms with Gasteiger partial charge in [-0.05, 0) is 37.1 Å². The highest BCUT2D eigenvalue weighted by molar-refractivity contribution is 7.89. The fourth-order valence-electron chi connectivity index (χ4n) is 3.54. The van der Waals surface area contributed by atoms with Crippen LogP contribution in [0.15, 0.2) is 60.0 Å². The Bertz CT molecular complexity index is 1100. The van der Waals surface area contributed by atoms with Crippen molar-refractivity contribution in [3.63, 3.8) is 0 Å². The molecule has 2 aromatic heterocycles. The summed E-state index contributed by atoms with van der Waals surface area (Å²) < 4.78 is 29.0. The largest absolute Gasteiger partial charge is 0.339 e. The summed E-state index contributed by atoms with van der Waals surface area (Å²) in [5.41, 5.74) is 2.69. The molecule has 1 atom stereocenters. The Hall–Kier alpha value is -2.22. The van der Waals surface area contributed by atoms with Crippen LogP contribution in [0.3, 0.4) is 0 Å². The van der Waals surface area contributed by atoms with Crippen LogP contribution in [0.5, 0.6) is 0 Å². The maximum atomic E-state index is 12.9. The second-order valence-corrected chi connectivity index (χ2v) is 9.36. The minimum atomic E-state index is -3.59. The van der Waals surface area contributed by atoms with Crippen molar-refractivity contribution >= 4 is 21.6 Å². The molecule has 1 aromatic carbocycles. The Morgan fingerprint density at radius 3 is 2.75 bits per heavy atom. The number of rotatable bonds is 4. The van der Waals surface area contributed by atoms with Crippen LogP contribution in [0.4, 0.5) is 0 Å². The standard InChI is InChI=1S/C20H21ClN4O2S/c1-24-13-20(22-14-24)28(26,27)25-10-4-6-16(12-25)19-9-3-8-18(23-19)15-5-2-7-17(21)11-15/h2-3,5,7-9,11,13-14,16H,4,6,10,12H2,1H3/t16-/m0/s1. The molecular weight excluding hydrogens is 396 g/mol. The van der Waals surface area contributed by atoms with Crippen molar-refractivity contribution in [3.8, 4) is 11.3 Å². The molecule has 28 heavy (non-hydrogen) atoms. The van der Waals surface area contributed by atoms with Crippen LogP contribution in [-0.4, -0.2) is 40.3 Å².